The zero-order valence-corrected chi connectivity index (χ0v) is 9.54. The molecule has 4 unspecified atom stereocenters. The van der Waals surface area contributed by atoms with E-state index in [-0.39, 0.29) is 5.41 Å². The van der Waals surface area contributed by atoms with Crippen LogP contribution in [0.25, 0.3) is 0 Å². The smallest absolute Gasteiger partial charge is 0.0500 e. The van der Waals surface area contributed by atoms with Crippen LogP contribution in [0.4, 0.5) is 0 Å². The SMILES string of the molecule is OCC1(CC2CC3CCC2C3)CCNC1. The molecule has 2 nitrogen and oxygen atoms in total. The van der Waals surface area contributed by atoms with Crippen molar-refractivity contribution in [3.8, 4) is 0 Å². The average Bonchev–Trinajstić information content (AvgIpc) is 2.93. The second-order valence-corrected chi connectivity index (χ2v) is 6.22. The van der Waals surface area contributed by atoms with Crippen LogP contribution in [0.3, 0.4) is 0 Å². The van der Waals surface area contributed by atoms with Gasteiger partial charge in [-0.2, -0.15) is 0 Å². The van der Waals surface area contributed by atoms with Gasteiger partial charge < -0.3 is 10.4 Å². The lowest BCUT2D eigenvalue weighted by atomic mass is 9.74. The summed E-state index contributed by atoms with van der Waals surface area (Å²) in [7, 11) is 0. The highest BCUT2D eigenvalue weighted by molar-refractivity contribution is 4.96. The van der Waals surface area contributed by atoms with Crippen LogP contribution in [-0.2, 0) is 0 Å². The minimum absolute atomic E-state index is 0.245. The van der Waals surface area contributed by atoms with Crippen molar-refractivity contribution in [1.29, 1.82) is 0 Å². The maximum absolute atomic E-state index is 9.61. The molecule has 0 spiro atoms. The topological polar surface area (TPSA) is 32.3 Å². The van der Waals surface area contributed by atoms with Crippen LogP contribution in [0.5, 0.6) is 0 Å². The highest BCUT2D eigenvalue weighted by Gasteiger charge is 2.44. The molecule has 0 aromatic carbocycles. The third kappa shape index (κ3) is 1.72. The van der Waals surface area contributed by atoms with Crippen LogP contribution in [0.1, 0.15) is 38.5 Å². The monoisotopic (exact) mass is 209 g/mol. The fourth-order valence-electron chi connectivity index (χ4n) is 4.35. The summed E-state index contributed by atoms with van der Waals surface area (Å²) in [6.07, 6.45) is 8.41. The molecule has 0 aromatic heterocycles. The molecule has 2 aliphatic carbocycles. The molecular formula is C13H23NO. The third-order valence-electron chi connectivity index (χ3n) is 5.25. The Morgan fingerprint density at radius 1 is 1.27 bits per heavy atom. The number of fused-ring (bicyclic) bond motifs is 2. The van der Waals surface area contributed by atoms with Crippen molar-refractivity contribution in [3.05, 3.63) is 0 Å². The van der Waals surface area contributed by atoms with Gasteiger partial charge in [0.1, 0.15) is 0 Å². The van der Waals surface area contributed by atoms with E-state index >= 15 is 0 Å². The molecule has 3 aliphatic rings. The van der Waals surface area contributed by atoms with Crippen LogP contribution < -0.4 is 5.32 Å². The number of nitrogens with one attached hydrogen (secondary N) is 1. The van der Waals surface area contributed by atoms with Gasteiger partial charge in [-0.25, -0.2) is 0 Å². The van der Waals surface area contributed by atoms with Crippen LogP contribution >= 0.6 is 0 Å². The maximum Gasteiger partial charge on any atom is 0.0500 e. The van der Waals surface area contributed by atoms with Gasteiger partial charge in [0.2, 0.25) is 0 Å². The molecule has 0 aromatic rings. The first-order valence-electron chi connectivity index (χ1n) is 6.63. The van der Waals surface area contributed by atoms with Gasteiger partial charge in [0.05, 0.1) is 0 Å². The number of rotatable bonds is 3. The molecule has 3 rings (SSSR count). The third-order valence-corrected chi connectivity index (χ3v) is 5.25. The van der Waals surface area contributed by atoms with Crippen LogP contribution in [-0.4, -0.2) is 24.8 Å². The van der Waals surface area contributed by atoms with Crippen molar-refractivity contribution < 1.29 is 5.11 Å². The molecule has 1 heterocycles. The summed E-state index contributed by atoms with van der Waals surface area (Å²) in [5.74, 6) is 3.00. The van der Waals surface area contributed by atoms with Gasteiger partial charge in [-0.3, -0.25) is 0 Å². The van der Waals surface area contributed by atoms with Crippen molar-refractivity contribution in [2.45, 2.75) is 38.5 Å². The van der Waals surface area contributed by atoms with Crippen molar-refractivity contribution in [3.63, 3.8) is 0 Å². The number of hydrogen-bond donors (Lipinski definition) is 2. The quantitative estimate of drug-likeness (QED) is 0.742. The summed E-state index contributed by atoms with van der Waals surface area (Å²) < 4.78 is 0. The summed E-state index contributed by atoms with van der Waals surface area (Å²) in [6.45, 7) is 2.56. The highest BCUT2D eigenvalue weighted by atomic mass is 16.3. The predicted molar refractivity (Wildman–Crippen MR) is 60.6 cm³/mol. The molecule has 4 atom stereocenters. The zero-order valence-electron chi connectivity index (χ0n) is 9.54. The van der Waals surface area contributed by atoms with Gasteiger partial charge in [-0.1, -0.05) is 6.42 Å². The number of hydrogen-bond acceptors (Lipinski definition) is 2. The van der Waals surface area contributed by atoms with Gasteiger partial charge in [0, 0.05) is 18.6 Å². The lowest BCUT2D eigenvalue weighted by Gasteiger charge is -2.32. The summed E-state index contributed by atoms with van der Waals surface area (Å²) in [4.78, 5) is 0. The first-order chi connectivity index (χ1) is 7.31. The average molecular weight is 209 g/mol. The van der Waals surface area contributed by atoms with E-state index in [2.05, 4.69) is 5.32 Å². The summed E-state index contributed by atoms with van der Waals surface area (Å²) >= 11 is 0. The Morgan fingerprint density at radius 3 is 2.73 bits per heavy atom. The van der Waals surface area contributed by atoms with Crippen LogP contribution in [0.2, 0.25) is 0 Å². The minimum atomic E-state index is 0.245. The summed E-state index contributed by atoms with van der Waals surface area (Å²) in [5.41, 5.74) is 0.245. The molecule has 0 radical (unpaired) electrons. The molecule has 1 saturated heterocycles. The molecule has 1 aliphatic heterocycles. The largest absolute Gasteiger partial charge is 0.396 e. The molecular weight excluding hydrogens is 186 g/mol. The summed E-state index contributed by atoms with van der Waals surface area (Å²) in [5, 5.41) is 13.0. The molecule has 86 valence electrons. The van der Waals surface area contributed by atoms with E-state index in [1.54, 1.807) is 0 Å². The van der Waals surface area contributed by atoms with Gasteiger partial charge in [0.15, 0.2) is 0 Å². The van der Waals surface area contributed by atoms with Gasteiger partial charge >= 0.3 is 0 Å². The van der Waals surface area contributed by atoms with E-state index in [9.17, 15) is 5.11 Å². The normalized spacial score (nSPS) is 49.0. The molecule has 0 amide bonds. The fourth-order valence-corrected chi connectivity index (χ4v) is 4.35. The Kier molecular flexibility index (Phi) is 2.52. The van der Waals surface area contributed by atoms with Crippen LogP contribution in [0, 0.1) is 23.2 Å². The fraction of sp³-hybridized carbons (Fsp3) is 1.00. The van der Waals surface area contributed by atoms with E-state index < -0.39 is 0 Å². The zero-order chi connectivity index (χ0) is 10.3. The maximum atomic E-state index is 9.61. The standard InChI is InChI=1S/C13H23NO/c15-9-13(3-4-14-8-13)7-12-6-10-1-2-11(12)5-10/h10-12,14-15H,1-9H2. The molecule has 2 saturated carbocycles. The van der Waals surface area contributed by atoms with Crippen molar-refractivity contribution in [2.75, 3.05) is 19.7 Å². The first kappa shape index (κ1) is 10.1. The van der Waals surface area contributed by atoms with Crippen molar-refractivity contribution in [1.82, 2.24) is 5.32 Å². The van der Waals surface area contributed by atoms with Gasteiger partial charge in [0.25, 0.3) is 0 Å². The molecule has 15 heavy (non-hydrogen) atoms. The van der Waals surface area contributed by atoms with E-state index in [4.69, 9.17) is 0 Å². The second-order valence-electron chi connectivity index (χ2n) is 6.22. The Morgan fingerprint density at radius 2 is 2.20 bits per heavy atom. The Hall–Kier alpha value is -0.0800. The van der Waals surface area contributed by atoms with Crippen molar-refractivity contribution in [2.24, 2.45) is 23.2 Å². The number of aliphatic hydroxyl groups excluding tert-OH is 1. The Balaban J connectivity index is 1.64. The van der Waals surface area contributed by atoms with E-state index in [0.717, 1.165) is 30.8 Å². The molecule has 2 N–H and O–H groups in total. The minimum Gasteiger partial charge on any atom is -0.396 e. The van der Waals surface area contributed by atoms with Crippen LogP contribution in [0.15, 0.2) is 0 Å². The summed E-state index contributed by atoms with van der Waals surface area (Å²) in [6, 6.07) is 0. The lowest BCUT2D eigenvalue weighted by Crippen LogP contribution is -2.32. The van der Waals surface area contributed by atoms with Gasteiger partial charge in [-0.05, 0) is 56.4 Å². The highest BCUT2D eigenvalue weighted by Crippen LogP contribution is 2.52. The molecule has 2 heteroatoms. The Labute approximate surface area is 92.4 Å². The van der Waals surface area contributed by atoms with E-state index in [1.165, 1.54) is 38.5 Å². The van der Waals surface area contributed by atoms with Crippen molar-refractivity contribution >= 4 is 0 Å². The van der Waals surface area contributed by atoms with Gasteiger partial charge in [-0.15, -0.1) is 0 Å². The lowest BCUT2D eigenvalue weighted by molar-refractivity contribution is 0.0986. The predicted octanol–water partition coefficient (Wildman–Crippen LogP) is 1.78. The Bertz CT molecular complexity index is 235. The van der Waals surface area contributed by atoms with E-state index in [1.807, 2.05) is 0 Å². The number of aliphatic hydroxyl groups is 1. The first-order valence-corrected chi connectivity index (χ1v) is 6.63. The second kappa shape index (κ2) is 3.74. The van der Waals surface area contributed by atoms with E-state index in [0.29, 0.717) is 6.61 Å². The molecule has 2 bridgehead atoms. The molecule has 3 fully saturated rings.